The van der Waals surface area contributed by atoms with Gasteiger partial charge in [-0.2, -0.15) is 0 Å². The van der Waals surface area contributed by atoms with Gasteiger partial charge in [0.2, 0.25) is 0 Å². The van der Waals surface area contributed by atoms with E-state index in [0.29, 0.717) is 5.69 Å². The minimum absolute atomic E-state index is 0.0625. The lowest BCUT2D eigenvalue weighted by atomic mass is 10.2. The second-order valence-electron chi connectivity index (χ2n) is 4.11. The van der Waals surface area contributed by atoms with Gasteiger partial charge >= 0.3 is 0 Å². The van der Waals surface area contributed by atoms with E-state index in [9.17, 15) is 5.11 Å². The van der Waals surface area contributed by atoms with Gasteiger partial charge in [-0.05, 0) is 30.3 Å². The summed E-state index contributed by atoms with van der Waals surface area (Å²) >= 11 is 0. The zero-order valence-electron chi connectivity index (χ0n) is 9.83. The summed E-state index contributed by atoms with van der Waals surface area (Å²) in [6, 6.07) is 8.85. The Hall–Kier alpha value is -2.56. The number of phenolic OH excluding ortho intramolecular Hbond substituents is 1. The molecule has 0 aliphatic rings. The van der Waals surface area contributed by atoms with Gasteiger partial charge in [0, 0.05) is 18.8 Å². The van der Waals surface area contributed by atoms with E-state index in [0.717, 1.165) is 22.6 Å². The third kappa shape index (κ3) is 1.48. The molecule has 0 atom stereocenters. The number of phenols is 1. The average molecular weight is 240 g/mol. The predicted octanol–water partition coefficient (Wildman–Crippen LogP) is 1.92. The molecule has 90 valence electrons. The first-order valence-electron chi connectivity index (χ1n) is 5.53. The van der Waals surface area contributed by atoms with Crippen molar-refractivity contribution < 1.29 is 5.11 Å². The van der Waals surface area contributed by atoms with E-state index in [1.165, 1.54) is 0 Å². The molecule has 0 saturated heterocycles. The van der Waals surface area contributed by atoms with Crippen molar-refractivity contribution in [2.75, 3.05) is 5.73 Å². The smallest absolute Gasteiger partial charge is 0.159 e. The maximum atomic E-state index is 9.65. The highest BCUT2D eigenvalue weighted by molar-refractivity contribution is 5.77. The zero-order valence-corrected chi connectivity index (χ0v) is 9.83. The van der Waals surface area contributed by atoms with Crippen LogP contribution in [0.25, 0.3) is 22.6 Å². The highest BCUT2D eigenvalue weighted by atomic mass is 16.3. The summed E-state index contributed by atoms with van der Waals surface area (Å²) in [7, 11) is 1.89. The summed E-state index contributed by atoms with van der Waals surface area (Å²) in [5.41, 5.74) is 8.39. The number of benzene rings is 1. The van der Waals surface area contributed by atoms with Crippen LogP contribution in [-0.2, 0) is 7.05 Å². The molecule has 18 heavy (non-hydrogen) atoms. The highest BCUT2D eigenvalue weighted by Gasteiger charge is 2.11. The molecular weight excluding hydrogens is 228 g/mol. The molecule has 3 N–H and O–H groups in total. The van der Waals surface area contributed by atoms with Crippen LogP contribution in [0.15, 0.2) is 36.5 Å². The second kappa shape index (κ2) is 3.73. The number of hydrogen-bond donors (Lipinski definition) is 2. The van der Waals surface area contributed by atoms with E-state index in [1.807, 2.05) is 29.8 Å². The number of rotatable bonds is 1. The predicted molar refractivity (Wildman–Crippen MR) is 70.0 cm³/mol. The average Bonchev–Trinajstić information content (AvgIpc) is 2.71. The minimum atomic E-state index is 0.0625. The van der Waals surface area contributed by atoms with Crippen LogP contribution >= 0.6 is 0 Å². The number of aromatic hydroxyl groups is 1. The Morgan fingerprint density at radius 1 is 1.28 bits per heavy atom. The number of hydrogen-bond acceptors (Lipinski definition) is 4. The number of imidazole rings is 1. The first-order valence-corrected chi connectivity index (χ1v) is 5.53. The summed E-state index contributed by atoms with van der Waals surface area (Å²) in [6.07, 6.45) is 1.73. The molecule has 5 heteroatoms. The number of nitrogen functional groups attached to an aromatic ring is 1. The highest BCUT2D eigenvalue weighted by Crippen LogP contribution is 2.28. The van der Waals surface area contributed by atoms with Crippen LogP contribution in [0.2, 0.25) is 0 Å². The van der Waals surface area contributed by atoms with Crippen molar-refractivity contribution in [3.05, 3.63) is 36.5 Å². The molecule has 2 aromatic heterocycles. The number of pyridine rings is 1. The van der Waals surface area contributed by atoms with Crippen LogP contribution in [0.3, 0.4) is 0 Å². The summed E-state index contributed by atoms with van der Waals surface area (Å²) in [4.78, 5) is 8.78. The van der Waals surface area contributed by atoms with Gasteiger partial charge in [-0.3, -0.25) is 0 Å². The van der Waals surface area contributed by atoms with Crippen molar-refractivity contribution in [3.8, 4) is 17.1 Å². The zero-order chi connectivity index (χ0) is 12.7. The molecule has 0 bridgehead atoms. The molecule has 3 rings (SSSR count). The molecular formula is C13H12N4O. The lowest BCUT2D eigenvalue weighted by Crippen LogP contribution is -1.94. The number of anilines is 1. The van der Waals surface area contributed by atoms with Crippen LogP contribution in [0.1, 0.15) is 0 Å². The fourth-order valence-corrected chi connectivity index (χ4v) is 1.96. The van der Waals surface area contributed by atoms with Crippen molar-refractivity contribution in [1.29, 1.82) is 0 Å². The van der Waals surface area contributed by atoms with Gasteiger partial charge in [-0.15, -0.1) is 0 Å². The normalized spacial score (nSPS) is 10.9. The maximum absolute atomic E-state index is 9.65. The Bertz CT molecular complexity index is 733. The summed E-state index contributed by atoms with van der Waals surface area (Å²) in [5, 5.41) is 9.65. The lowest BCUT2D eigenvalue weighted by molar-refractivity contribution is 0.478. The molecule has 2 heterocycles. The third-order valence-corrected chi connectivity index (χ3v) is 2.92. The number of fused-ring (bicyclic) bond motifs is 1. The number of nitrogens with two attached hydrogens (primary N) is 1. The van der Waals surface area contributed by atoms with E-state index >= 15 is 0 Å². The fraction of sp³-hybridized carbons (Fsp3) is 0.0769. The Kier molecular flexibility index (Phi) is 2.19. The third-order valence-electron chi connectivity index (χ3n) is 2.92. The van der Waals surface area contributed by atoms with Crippen LogP contribution in [-0.4, -0.2) is 19.6 Å². The maximum Gasteiger partial charge on any atom is 0.159 e. The lowest BCUT2D eigenvalue weighted by Gasteiger charge is -2.04. The standard InChI is InChI=1S/C13H12N4O/c1-17-12(8-4-5-9(14)11(18)7-8)16-10-3-2-6-15-13(10)17/h2-7,18H,14H2,1H3. The van der Waals surface area contributed by atoms with E-state index in [1.54, 1.807) is 18.3 Å². The van der Waals surface area contributed by atoms with Crippen LogP contribution < -0.4 is 5.73 Å². The second-order valence-corrected chi connectivity index (χ2v) is 4.11. The van der Waals surface area contributed by atoms with Crippen LogP contribution in [0, 0.1) is 0 Å². The largest absolute Gasteiger partial charge is 0.506 e. The molecule has 0 aliphatic carbocycles. The molecule has 5 nitrogen and oxygen atoms in total. The fourth-order valence-electron chi connectivity index (χ4n) is 1.96. The van der Waals surface area contributed by atoms with Gasteiger partial charge in [0.1, 0.15) is 17.1 Å². The van der Waals surface area contributed by atoms with Gasteiger partial charge in [-0.1, -0.05) is 0 Å². The Balaban J connectivity index is 2.25. The molecule has 0 radical (unpaired) electrons. The minimum Gasteiger partial charge on any atom is -0.506 e. The van der Waals surface area contributed by atoms with E-state index < -0.39 is 0 Å². The quantitative estimate of drug-likeness (QED) is 0.503. The van der Waals surface area contributed by atoms with Crippen molar-refractivity contribution >= 4 is 16.9 Å². The van der Waals surface area contributed by atoms with Gasteiger partial charge in [0.25, 0.3) is 0 Å². The van der Waals surface area contributed by atoms with E-state index in [-0.39, 0.29) is 5.75 Å². The first kappa shape index (κ1) is 10.6. The van der Waals surface area contributed by atoms with Crippen molar-refractivity contribution in [3.63, 3.8) is 0 Å². The summed E-state index contributed by atoms with van der Waals surface area (Å²) in [5.74, 6) is 0.812. The summed E-state index contributed by atoms with van der Waals surface area (Å²) < 4.78 is 1.89. The number of aromatic nitrogens is 3. The van der Waals surface area contributed by atoms with Crippen LogP contribution in [0.5, 0.6) is 5.75 Å². The first-order chi connectivity index (χ1) is 8.66. The van der Waals surface area contributed by atoms with E-state index in [4.69, 9.17) is 5.73 Å². The molecule has 0 aliphatic heterocycles. The topological polar surface area (TPSA) is 77.0 Å². The summed E-state index contributed by atoms with van der Waals surface area (Å²) in [6.45, 7) is 0. The SMILES string of the molecule is Cn1c(-c2ccc(N)c(O)c2)nc2cccnc21. The van der Waals surface area contributed by atoms with Crippen LogP contribution in [0.4, 0.5) is 5.69 Å². The van der Waals surface area contributed by atoms with Gasteiger partial charge in [0.05, 0.1) is 5.69 Å². The Morgan fingerprint density at radius 3 is 2.83 bits per heavy atom. The van der Waals surface area contributed by atoms with Crippen molar-refractivity contribution in [2.24, 2.45) is 7.05 Å². The molecule has 0 amide bonds. The Morgan fingerprint density at radius 2 is 2.11 bits per heavy atom. The van der Waals surface area contributed by atoms with E-state index in [2.05, 4.69) is 9.97 Å². The molecule has 0 spiro atoms. The van der Waals surface area contributed by atoms with Gasteiger partial charge < -0.3 is 15.4 Å². The molecule has 0 unspecified atom stereocenters. The number of nitrogens with zero attached hydrogens (tertiary/aromatic N) is 3. The Labute approximate surface area is 104 Å². The monoisotopic (exact) mass is 240 g/mol. The molecule has 1 aromatic carbocycles. The van der Waals surface area contributed by atoms with Crippen molar-refractivity contribution in [2.45, 2.75) is 0 Å². The molecule has 0 fully saturated rings. The van der Waals surface area contributed by atoms with Gasteiger partial charge in [-0.25, -0.2) is 9.97 Å². The van der Waals surface area contributed by atoms with Gasteiger partial charge in [0.15, 0.2) is 5.65 Å². The molecule has 0 saturated carbocycles. The molecule has 3 aromatic rings. The van der Waals surface area contributed by atoms with Crippen molar-refractivity contribution in [1.82, 2.24) is 14.5 Å². The number of aryl methyl sites for hydroxylation is 1.